The predicted molar refractivity (Wildman–Crippen MR) is 89.2 cm³/mol. The summed E-state index contributed by atoms with van der Waals surface area (Å²) >= 11 is 0. The van der Waals surface area contributed by atoms with Gasteiger partial charge in [-0.15, -0.1) is 10.2 Å². The fraction of sp³-hybridized carbons (Fsp3) is 0.579. The summed E-state index contributed by atoms with van der Waals surface area (Å²) in [7, 11) is 0. The van der Waals surface area contributed by atoms with Crippen molar-refractivity contribution in [3.05, 3.63) is 36.0 Å². The number of hydrogen-bond acceptors (Lipinski definition) is 5. The third-order valence-corrected chi connectivity index (χ3v) is 4.98. The van der Waals surface area contributed by atoms with E-state index in [2.05, 4.69) is 10.2 Å². The zero-order chi connectivity index (χ0) is 16.2. The third kappa shape index (κ3) is 3.71. The Balaban J connectivity index is 1.27. The van der Waals surface area contributed by atoms with Gasteiger partial charge in [-0.25, -0.2) is 0 Å². The lowest BCUT2D eigenvalue weighted by atomic mass is 9.85. The standard InChI is InChI=1S/C19H24N2O3/c1-2-7-16(8-3-1)23-17-11-9-15(10-12-17)22-13-18-20-21-19(24-18)14-5-4-6-14/h9-12,14,16H,1-8,13H2. The second kappa shape index (κ2) is 7.24. The number of hydrogen-bond donors (Lipinski definition) is 0. The molecule has 1 aromatic carbocycles. The van der Waals surface area contributed by atoms with Crippen molar-refractivity contribution in [3.8, 4) is 11.5 Å². The van der Waals surface area contributed by atoms with Gasteiger partial charge >= 0.3 is 0 Å². The molecule has 2 fully saturated rings. The van der Waals surface area contributed by atoms with Crippen molar-refractivity contribution in [2.75, 3.05) is 0 Å². The average Bonchev–Trinajstić information content (AvgIpc) is 3.02. The monoisotopic (exact) mass is 328 g/mol. The summed E-state index contributed by atoms with van der Waals surface area (Å²) in [6.07, 6.45) is 10.2. The molecule has 0 aliphatic heterocycles. The maximum atomic E-state index is 6.03. The Labute approximate surface area is 142 Å². The van der Waals surface area contributed by atoms with Crippen LogP contribution in [0.4, 0.5) is 0 Å². The Morgan fingerprint density at radius 1 is 0.875 bits per heavy atom. The van der Waals surface area contributed by atoms with Crippen LogP contribution in [-0.2, 0) is 6.61 Å². The minimum Gasteiger partial charge on any atom is -0.490 e. The van der Waals surface area contributed by atoms with E-state index in [0.29, 0.717) is 24.5 Å². The lowest BCUT2D eigenvalue weighted by Crippen LogP contribution is -2.19. The maximum Gasteiger partial charge on any atom is 0.253 e. The van der Waals surface area contributed by atoms with Gasteiger partial charge in [0.15, 0.2) is 6.61 Å². The highest BCUT2D eigenvalue weighted by Gasteiger charge is 2.25. The molecule has 1 aromatic heterocycles. The van der Waals surface area contributed by atoms with Crippen molar-refractivity contribution in [1.29, 1.82) is 0 Å². The van der Waals surface area contributed by atoms with Gasteiger partial charge in [0.25, 0.3) is 5.89 Å². The number of rotatable bonds is 6. The summed E-state index contributed by atoms with van der Waals surface area (Å²) in [5.74, 6) is 3.46. The summed E-state index contributed by atoms with van der Waals surface area (Å²) in [5.41, 5.74) is 0. The largest absolute Gasteiger partial charge is 0.490 e. The Morgan fingerprint density at radius 3 is 2.33 bits per heavy atom. The smallest absolute Gasteiger partial charge is 0.253 e. The maximum absolute atomic E-state index is 6.03. The van der Waals surface area contributed by atoms with E-state index >= 15 is 0 Å². The zero-order valence-corrected chi connectivity index (χ0v) is 13.9. The van der Waals surface area contributed by atoms with Gasteiger partial charge in [0, 0.05) is 5.92 Å². The van der Waals surface area contributed by atoms with E-state index in [4.69, 9.17) is 13.9 Å². The molecule has 0 unspecified atom stereocenters. The topological polar surface area (TPSA) is 57.4 Å². The van der Waals surface area contributed by atoms with Crippen molar-refractivity contribution in [1.82, 2.24) is 10.2 Å². The Hall–Kier alpha value is -2.04. The molecule has 2 aliphatic rings. The highest BCUT2D eigenvalue weighted by Crippen LogP contribution is 2.35. The molecule has 0 atom stereocenters. The van der Waals surface area contributed by atoms with E-state index in [1.807, 2.05) is 24.3 Å². The van der Waals surface area contributed by atoms with Gasteiger partial charge in [-0.3, -0.25) is 0 Å². The molecule has 0 radical (unpaired) electrons. The van der Waals surface area contributed by atoms with E-state index in [-0.39, 0.29) is 0 Å². The van der Waals surface area contributed by atoms with Crippen molar-refractivity contribution in [2.24, 2.45) is 0 Å². The Kier molecular flexibility index (Phi) is 4.67. The van der Waals surface area contributed by atoms with Crippen LogP contribution in [0.5, 0.6) is 11.5 Å². The lowest BCUT2D eigenvalue weighted by molar-refractivity contribution is 0.154. The van der Waals surface area contributed by atoms with Crippen LogP contribution in [-0.4, -0.2) is 16.3 Å². The van der Waals surface area contributed by atoms with Gasteiger partial charge in [0.05, 0.1) is 6.10 Å². The minimum absolute atomic E-state index is 0.308. The van der Waals surface area contributed by atoms with Crippen LogP contribution in [0.25, 0.3) is 0 Å². The molecule has 5 nitrogen and oxygen atoms in total. The minimum atomic E-state index is 0.308. The molecule has 0 bridgehead atoms. The molecule has 128 valence electrons. The number of ether oxygens (including phenoxy) is 2. The molecule has 4 rings (SSSR count). The van der Waals surface area contributed by atoms with Crippen molar-refractivity contribution in [2.45, 2.75) is 70.0 Å². The van der Waals surface area contributed by atoms with Gasteiger partial charge in [0.2, 0.25) is 5.89 Å². The summed E-state index contributed by atoms with van der Waals surface area (Å²) in [4.78, 5) is 0. The van der Waals surface area contributed by atoms with Crippen LogP contribution >= 0.6 is 0 Å². The molecule has 24 heavy (non-hydrogen) atoms. The molecule has 0 saturated heterocycles. The average molecular weight is 328 g/mol. The van der Waals surface area contributed by atoms with E-state index in [1.54, 1.807) is 0 Å². The predicted octanol–water partition coefficient (Wildman–Crippen LogP) is 4.63. The molecule has 5 heteroatoms. The Morgan fingerprint density at radius 2 is 1.62 bits per heavy atom. The summed E-state index contributed by atoms with van der Waals surface area (Å²) < 4.78 is 17.4. The first-order valence-electron chi connectivity index (χ1n) is 9.08. The van der Waals surface area contributed by atoms with Crippen molar-refractivity contribution in [3.63, 3.8) is 0 Å². The molecule has 0 N–H and O–H groups in total. The van der Waals surface area contributed by atoms with Crippen LogP contribution in [0, 0.1) is 0 Å². The second-order valence-electron chi connectivity index (χ2n) is 6.80. The zero-order valence-electron chi connectivity index (χ0n) is 13.9. The van der Waals surface area contributed by atoms with Gasteiger partial charge in [-0.2, -0.15) is 0 Å². The first kappa shape index (κ1) is 15.5. The summed E-state index contributed by atoms with van der Waals surface area (Å²) in [6, 6.07) is 7.80. The van der Waals surface area contributed by atoms with Gasteiger partial charge < -0.3 is 13.9 Å². The van der Waals surface area contributed by atoms with E-state index < -0.39 is 0 Å². The lowest BCUT2D eigenvalue weighted by Gasteiger charge is -2.23. The second-order valence-corrected chi connectivity index (χ2v) is 6.80. The fourth-order valence-corrected chi connectivity index (χ4v) is 3.28. The van der Waals surface area contributed by atoms with Crippen molar-refractivity contribution >= 4 is 0 Å². The molecular formula is C19H24N2O3. The van der Waals surface area contributed by atoms with E-state index in [9.17, 15) is 0 Å². The highest BCUT2D eigenvalue weighted by atomic mass is 16.5. The SMILES string of the molecule is c1cc(OC2CCCCC2)ccc1OCc1nnc(C2CCC2)o1. The normalized spacial score (nSPS) is 19.0. The van der Waals surface area contributed by atoms with Gasteiger partial charge in [-0.1, -0.05) is 12.8 Å². The molecule has 1 heterocycles. The quantitative estimate of drug-likeness (QED) is 0.774. The highest BCUT2D eigenvalue weighted by molar-refractivity contribution is 5.31. The van der Waals surface area contributed by atoms with Crippen LogP contribution in [0.1, 0.15) is 69.1 Å². The van der Waals surface area contributed by atoms with E-state index in [1.165, 1.54) is 38.5 Å². The number of nitrogens with zero attached hydrogens (tertiary/aromatic N) is 2. The first-order valence-corrected chi connectivity index (χ1v) is 9.08. The first-order chi connectivity index (χ1) is 11.9. The number of aromatic nitrogens is 2. The number of benzene rings is 1. The van der Waals surface area contributed by atoms with Gasteiger partial charge in [0.1, 0.15) is 11.5 Å². The molecule has 2 aromatic rings. The molecule has 2 aliphatic carbocycles. The fourth-order valence-electron chi connectivity index (χ4n) is 3.28. The van der Waals surface area contributed by atoms with E-state index in [0.717, 1.165) is 30.2 Å². The van der Waals surface area contributed by atoms with Crippen LogP contribution in [0.15, 0.2) is 28.7 Å². The molecule has 0 spiro atoms. The van der Waals surface area contributed by atoms with Crippen LogP contribution < -0.4 is 9.47 Å². The van der Waals surface area contributed by atoms with Crippen molar-refractivity contribution < 1.29 is 13.9 Å². The summed E-state index contributed by atoms with van der Waals surface area (Å²) in [5, 5.41) is 8.18. The molecule has 0 amide bonds. The molecule has 2 saturated carbocycles. The van der Waals surface area contributed by atoms with Crippen LogP contribution in [0.2, 0.25) is 0 Å². The Bertz CT molecular complexity index is 643. The molecular weight excluding hydrogens is 304 g/mol. The van der Waals surface area contributed by atoms with Crippen LogP contribution in [0.3, 0.4) is 0 Å². The van der Waals surface area contributed by atoms with Gasteiger partial charge in [-0.05, 0) is 62.8 Å². The summed E-state index contributed by atoms with van der Waals surface area (Å²) in [6.45, 7) is 0.308. The third-order valence-electron chi connectivity index (χ3n) is 4.98.